The van der Waals surface area contributed by atoms with Crippen LogP contribution in [0.4, 0.5) is 0 Å². The Morgan fingerprint density at radius 3 is 2.52 bits per heavy atom. The summed E-state index contributed by atoms with van der Waals surface area (Å²) >= 11 is 0. The molecule has 3 rings (SSSR count). The molecule has 1 aromatic rings. The maximum absolute atomic E-state index is 12.2. The molecule has 1 atom stereocenters. The molecule has 2 fully saturated rings. The molecule has 0 saturated carbocycles. The number of nitrogens with zero attached hydrogens (tertiary/aromatic N) is 2. The lowest BCUT2D eigenvalue weighted by Gasteiger charge is -2.29. The van der Waals surface area contributed by atoms with E-state index in [9.17, 15) is 4.79 Å². The molecule has 1 aromatic carbocycles. The van der Waals surface area contributed by atoms with Crippen LogP contribution in [0.1, 0.15) is 31.7 Å². The Labute approximate surface area is 139 Å². The van der Waals surface area contributed by atoms with Gasteiger partial charge in [-0.25, -0.2) is 0 Å². The minimum Gasteiger partial charge on any atom is -0.351 e. The maximum Gasteiger partial charge on any atom is 0.234 e. The van der Waals surface area contributed by atoms with Crippen LogP contribution in [-0.4, -0.2) is 54.5 Å². The lowest BCUT2D eigenvalue weighted by atomic mass is 9.99. The van der Waals surface area contributed by atoms with Gasteiger partial charge in [-0.1, -0.05) is 37.3 Å². The van der Waals surface area contributed by atoms with Crippen LogP contribution >= 0.6 is 0 Å². The van der Waals surface area contributed by atoms with E-state index < -0.39 is 0 Å². The highest BCUT2D eigenvalue weighted by atomic mass is 16.2. The van der Waals surface area contributed by atoms with Crippen LogP contribution in [0.3, 0.4) is 0 Å². The fraction of sp³-hybridized carbons (Fsp3) is 0.632. The predicted octanol–water partition coefficient (Wildman–Crippen LogP) is 2.11. The Morgan fingerprint density at radius 2 is 1.78 bits per heavy atom. The van der Waals surface area contributed by atoms with Crippen molar-refractivity contribution in [2.45, 2.75) is 38.8 Å². The first kappa shape index (κ1) is 16.5. The molecule has 0 aromatic heterocycles. The third kappa shape index (κ3) is 5.05. The number of hydrogen-bond donors (Lipinski definition) is 1. The minimum absolute atomic E-state index is 0.200. The second-order valence-corrected chi connectivity index (χ2v) is 7.23. The highest BCUT2D eigenvalue weighted by Gasteiger charge is 2.25. The van der Waals surface area contributed by atoms with Crippen molar-refractivity contribution in [2.75, 3.05) is 32.7 Å². The SMILES string of the molecule is CC1CCN(CC(=O)N[C@@H]2CCN(Cc3ccccc3)C2)CC1. The summed E-state index contributed by atoms with van der Waals surface area (Å²) in [5, 5.41) is 3.23. The van der Waals surface area contributed by atoms with Crippen molar-refractivity contribution in [1.29, 1.82) is 0 Å². The maximum atomic E-state index is 12.2. The number of likely N-dealkylation sites (tertiary alicyclic amines) is 2. The van der Waals surface area contributed by atoms with Crippen molar-refractivity contribution >= 4 is 5.91 Å². The van der Waals surface area contributed by atoms with Crippen LogP contribution < -0.4 is 5.32 Å². The predicted molar refractivity (Wildman–Crippen MR) is 93.1 cm³/mol. The molecule has 2 saturated heterocycles. The van der Waals surface area contributed by atoms with Gasteiger partial charge in [-0.3, -0.25) is 14.6 Å². The summed E-state index contributed by atoms with van der Waals surface area (Å²) in [7, 11) is 0. The summed E-state index contributed by atoms with van der Waals surface area (Å²) in [5.41, 5.74) is 1.35. The van der Waals surface area contributed by atoms with Gasteiger partial charge in [0.1, 0.15) is 0 Å². The molecule has 2 aliphatic heterocycles. The number of hydrogen-bond acceptors (Lipinski definition) is 3. The molecule has 0 aliphatic carbocycles. The molecular weight excluding hydrogens is 286 g/mol. The molecule has 2 aliphatic rings. The molecule has 1 N–H and O–H groups in total. The second-order valence-electron chi connectivity index (χ2n) is 7.23. The topological polar surface area (TPSA) is 35.6 Å². The average molecular weight is 315 g/mol. The van der Waals surface area contributed by atoms with E-state index >= 15 is 0 Å². The zero-order valence-corrected chi connectivity index (χ0v) is 14.2. The quantitative estimate of drug-likeness (QED) is 0.904. The van der Waals surface area contributed by atoms with Gasteiger partial charge in [-0.15, -0.1) is 0 Å². The number of rotatable bonds is 5. The lowest BCUT2D eigenvalue weighted by Crippen LogP contribution is -2.45. The van der Waals surface area contributed by atoms with Crippen molar-refractivity contribution in [3.05, 3.63) is 35.9 Å². The molecule has 23 heavy (non-hydrogen) atoms. The normalized spacial score (nSPS) is 24.0. The van der Waals surface area contributed by atoms with E-state index in [1.807, 2.05) is 0 Å². The van der Waals surface area contributed by atoms with E-state index in [0.717, 1.165) is 45.1 Å². The first-order chi connectivity index (χ1) is 11.2. The van der Waals surface area contributed by atoms with Gasteiger partial charge in [-0.05, 0) is 43.8 Å². The van der Waals surface area contributed by atoms with Gasteiger partial charge in [0, 0.05) is 25.7 Å². The number of carbonyl (C=O) groups excluding carboxylic acids is 1. The highest BCUT2D eigenvalue weighted by Crippen LogP contribution is 2.16. The fourth-order valence-corrected chi connectivity index (χ4v) is 3.63. The van der Waals surface area contributed by atoms with Crippen molar-refractivity contribution < 1.29 is 4.79 Å². The highest BCUT2D eigenvalue weighted by molar-refractivity contribution is 5.78. The Balaban J connectivity index is 1.38. The van der Waals surface area contributed by atoms with Gasteiger partial charge in [-0.2, -0.15) is 0 Å². The molecule has 0 radical (unpaired) electrons. The lowest BCUT2D eigenvalue weighted by molar-refractivity contribution is -0.123. The van der Waals surface area contributed by atoms with E-state index in [2.05, 4.69) is 52.4 Å². The summed E-state index contributed by atoms with van der Waals surface area (Å²) in [6.07, 6.45) is 3.51. The zero-order chi connectivity index (χ0) is 16.1. The van der Waals surface area contributed by atoms with Gasteiger partial charge in [0.15, 0.2) is 0 Å². The molecule has 0 bridgehead atoms. The van der Waals surface area contributed by atoms with Gasteiger partial charge in [0.25, 0.3) is 0 Å². The molecule has 1 amide bonds. The number of piperidine rings is 1. The van der Waals surface area contributed by atoms with Gasteiger partial charge in [0.05, 0.1) is 6.54 Å². The smallest absolute Gasteiger partial charge is 0.234 e. The van der Waals surface area contributed by atoms with Crippen molar-refractivity contribution in [2.24, 2.45) is 5.92 Å². The van der Waals surface area contributed by atoms with Crippen LogP contribution in [0, 0.1) is 5.92 Å². The summed E-state index contributed by atoms with van der Waals surface area (Å²) in [6.45, 7) is 8.04. The van der Waals surface area contributed by atoms with Crippen molar-refractivity contribution in [3.8, 4) is 0 Å². The Bertz CT molecular complexity index is 497. The third-order valence-corrected chi connectivity index (χ3v) is 5.13. The fourth-order valence-electron chi connectivity index (χ4n) is 3.63. The zero-order valence-electron chi connectivity index (χ0n) is 14.2. The summed E-state index contributed by atoms with van der Waals surface area (Å²) in [6, 6.07) is 10.9. The third-order valence-electron chi connectivity index (χ3n) is 5.13. The second kappa shape index (κ2) is 7.93. The van der Waals surface area contributed by atoms with E-state index in [1.165, 1.54) is 18.4 Å². The largest absolute Gasteiger partial charge is 0.351 e. The Morgan fingerprint density at radius 1 is 1.09 bits per heavy atom. The Kier molecular flexibility index (Phi) is 5.68. The number of amides is 1. The summed E-state index contributed by atoms with van der Waals surface area (Å²) < 4.78 is 0. The first-order valence-corrected chi connectivity index (χ1v) is 8.97. The van der Waals surface area contributed by atoms with Crippen LogP contribution in [0.25, 0.3) is 0 Å². The molecular formula is C19H29N3O. The van der Waals surface area contributed by atoms with E-state index in [0.29, 0.717) is 12.6 Å². The van der Waals surface area contributed by atoms with Gasteiger partial charge in [0.2, 0.25) is 5.91 Å². The Hall–Kier alpha value is -1.39. The van der Waals surface area contributed by atoms with Crippen molar-refractivity contribution in [1.82, 2.24) is 15.1 Å². The molecule has 4 nitrogen and oxygen atoms in total. The summed E-state index contributed by atoms with van der Waals surface area (Å²) in [4.78, 5) is 17.0. The van der Waals surface area contributed by atoms with E-state index in [-0.39, 0.29) is 5.91 Å². The average Bonchev–Trinajstić information content (AvgIpc) is 2.97. The number of benzene rings is 1. The molecule has 2 heterocycles. The standard InChI is InChI=1S/C19H29N3O/c1-16-7-10-21(11-8-16)15-19(23)20-18-9-12-22(14-18)13-17-5-3-2-4-6-17/h2-6,16,18H,7-15H2,1H3,(H,20,23)/t18-/m1/s1. The monoisotopic (exact) mass is 315 g/mol. The van der Waals surface area contributed by atoms with E-state index in [4.69, 9.17) is 0 Å². The summed E-state index contributed by atoms with van der Waals surface area (Å²) in [5.74, 6) is 1.02. The van der Waals surface area contributed by atoms with Gasteiger partial charge < -0.3 is 5.32 Å². The van der Waals surface area contributed by atoms with E-state index in [1.54, 1.807) is 0 Å². The number of nitrogens with one attached hydrogen (secondary N) is 1. The first-order valence-electron chi connectivity index (χ1n) is 8.97. The number of carbonyl (C=O) groups is 1. The minimum atomic E-state index is 0.200. The van der Waals surface area contributed by atoms with Gasteiger partial charge >= 0.3 is 0 Å². The van der Waals surface area contributed by atoms with Crippen LogP contribution in [0.5, 0.6) is 0 Å². The molecule has 0 unspecified atom stereocenters. The van der Waals surface area contributed by atoms with Crippen LogP contribution in [0.2, 0.25) is 0 Å². The molecule has 0 spiro atoms. The van der Waals surface area contributed by atoms with Crippen molar-refractivity contribution in [3.63, 3.8) is 0 Å². The molecule has 4 heteroatoms. The van der Waals surface area contributed by atoms with Crippen LogP contribution in [0.15, 0.2) is 30.3 Å². The molecule has 126 valence electrons. The van der Waals surface area contributed by atoms with Crippen LogP contribution in [-0.2, 0) is 11.3 Å².